The lowest BCUT2D eigenvalue weighted by Gasteiger charge is -2.30. The average Bonchev–Trinajstić information content (AvgIpc) is 3.25. The first-order valence-electron chi connectivity index (χ1n) is 11.2. The normalized spacial score (nSPS) is 14.2. The number of hydrogen-bond donors (Lipinski definition) is 1. The Balaban J connectivity index is 1.66. The van der Waals surface area contributed by atoms with Crippen molar-refractivity contribution in [2.45, 2.75) is 38.7 Å². The molecule has 36 heavy (non-hydrogen) atoms. The summed E-state index contributed by atoms with van der Waals surface area (Å²) >= 11 is 6.08. The number of ether oxygens (including phenoxy) is 1. The molecule has 0 aliphatic carbocycles. The van der Waals surface area contributed by atoms with Crippen molar-refractivity contribution in [3.8, 4) is 0 Å². The zero-order chi connectivity index (χ0) is 26.0. The van der Waals surface area contributed by atoms with Crippen LogP contribution in [0.2, 0.25) is 5.02 Å². The highest BCUT2D eigenvalue weighted by Crippen LogP contribution is 2.38. The number of fused-ring (bicyclic) bond motifs is 1. The minimum absolute atomic E-state index is 0.124. The van der Waals surface area contributed by atoms with Crippen LogP contribution >= 0.6 is 11.6 Å². The fraction of sp³-hybridized carbons (Fsp3) is 0.320. The highest BCUT2D eigenvalue weighted by molar-refractivity contribution is 6.30. The van der Waals surface area contributed by atoms with E-state index in [2.05, 4.69) is 15.2 Å². The predicted molar refractivity (Wildman–Crippen MR) is 128 cm³/mol. The van der Waals surface area contributed by atoms with Crippen molar-refractivity contribution in [2.24, 2.45) is 0 Å². The van der Waals surface area contributed by atoms with Crippen LogP contribution in [0.1, 0.15) is 56.9 Å². The third kappa shape index (κ3) is 5.33. The van der Waals surface area contributed by atoms with Gasteiger partial charge in [0.1, 0.15) is 11.4 Å². The SMILES string of the molecule is COC(=O)c1ccc(C(C)NC(=O)c2c(C(F)(F)F)nn3c2N(Cc2cccc(Cl)c2)CCC3)cc1. The molecule has 2 aromatic carbocycles. The van der Waals surface area contributed by atoms with Gasteiger partial charge in [0.2, 0.25) is 0 Å². The fourth-order valence-corrected chi connectivity index (χ4v) is 4.46. The molecule has 11 heteroatoms. The van der Waals surface area contributed by atoms with Crippen LogP contribution < -0.4 is 10.2 Å². The number of aromatic nitrogens is 2. The molecule has 3 aromatic rings. The van der Waals surface area contributed by atoms with Gasteiger partial charge in [0.25, 0.3) is 5.91 Å². The molecular weight excluding hydrogens is 497 g/mol. The number of halogens is 4. The lowest BCUT2D eigenvalue weighted by atomic mass is 10.0. The van der Waals surface area contributed by atoms with Gasteiger partial charge in [-0.2, -0.15) is 18.3 Å². The highest BCUT2D eigenvalue weighted by atomic mass is 35.5. The molecule has 0 bridgehead atoms. The van der Waals surface area contributed by atoms with Crippen molar-refractivity contribution in [3.63, 3.8) is 0 Å². The Morgan fingerprint density at radius 2 is 1.89 bits per heavy atom. The van der Waals surface area contributed by atoms with E-state index in [-0.39, 0.29) is 18.9 Å². The molecule has 190 valence electrons. The number of carbonyl (C=O) groups excluding carboxylic acids is 2. The molecule has 1 atom stereocenters. The quantitative estimate of drug-likeness (QED) is 0.450. The molecule has 1 N–H and O–H groups in total. The van der Waals surface area contributed by atoms with Gasteiger partial charge >= 0.3 is 12.1 Å². The van der Waals surface area contributed by atoms with E-state index < -0.39 is 35.4 Å². The van der Waals surface area contributed by atoms with Crippen LogP contribution in [0.15, 0.2) is 48.5 Å². The summed E-state index contributed by atoms with van der Waals surface area (Å²) < 4.78 is 47.9. The Morgan fingerprint density at radius 1 is 1.17 bits per heavy atom. The number of hydrogen-bond acceptors (Lipinski definition) is 5. The molecule has 0 spiro atoms. The molecule has 1 unspecified atom stereocenters. The minimum Gasteiger partial charge on any atom is -0.465 e. The third-order valence-electron chi connectivity index (χ3n) is 5.96. The number of rotatable bonds is 6. The molecular formula is C25H24ClF3N4O3. The molecule has 0 radical (unpaired) electrons. The molecule has 1 aliphatic rings. The molecule has 1 aromatic heterocycles. The summed E-state index contributed by atoms with van der Waals surface area (Å²) in [5, 5.41) is 6.96. The van der Waals surface area contributed by atoms with Gasteiger partial charge in [0.05, 0.1) is 18.7 Å². The minimum atomic E-state index is -4.82. The standard InChI is InChI=1S/C25H24ClF3N4O3/c1-15(17-7-9-18(10-8-17)24(35)36-2)30-22(34)20-21(25(27,28)29)31-33-12-4-11-32(23(20)33)14-16-5-3-6-19(26)13-16/h3,5-10,13,15H,4,11-12,14H2,1-2H3,(H,30,34). The lowest BCUT2D eigenvalue weighted by Crippen LogP contribution is -2.35. The van der Waals surface area contributed by atoms with Gasteiger partial charge in [0, 0.05) is 24.7 Å². The van der Waals surface area contributed by atoms with Gasteiger partial charge in [-0.25, -0.2) is 9.48 Å². The topological polar surface area (TPSA) is 76.5 Å². The molecule has 1 amide bonds. The molecule has 0 saturated carbocycles. The molecule has 4 rings (SSSR count). The first kappa shape index (κ1) is 25.6. The number of esters is 1. The van der Waals surface area contributed by atoms with Crippen LogP contribution in [-0.2, 0) is 24.0 Å². The van der Waals surface area contributed by atoms with Gasteiger partial charge in [-0.1, -0.05) is 35.9 Å². The average molecular weight is 521 g/mol. The summed E-state index contributed by atoms with van der Waals surface area (Å²) in [6, 6.07) is 12.7. The zero-order valence-corrected chi connectivity index (χ0v) is 20.4. The number of benzene rings is 2. The van der Waals surface area contributed by atoms with E-state index in [9.17, 15) is 22.8 Å². The summed E-state index contributed by atoms with van der Waals surface area (Å²) in [6.45, 7) is 2.65. The number of carbonyl (C=O) groups is 2. The van der Waals surface area contributed by atoms with Crippen LogP contribution in [-0.4, -0.2) is 35.3 Å². The monoisotopic (exact) mass is 520 g/mol. The van der Waals surface area contributed by atoms with Crippen molar-refractivity contribution in [3.05, 3.63) is 81.5 Å². The van der Waals surface area contributed by atoms with E-state index >= 15 is 0 Å². The fourth-order valence-electron chi connectivity index (χ4n) is 4.24. The molecule has 0 saturated heterocycles. The van der Waals surface area contributed by atoms with Crippen LogP contribution in [0.4, 0.5) is 19.0 Å². The van der Waals surface area contributed by atoms with Gasteiger partial charge in [-0.15, -0.1) is 0 Å². The molecule has 2 heterocycles. The molecule has 0 fully saturated rings. The Bertz CT molecular complexity index is 1270. The first-order valence-corrected chi connectivity index (χ1v) is 11.6. The smallest absolute Gasteiger partial charge is 0.436 e. The van der Waals surface area contributed by atoms with Gasteiger partial charge in [-0.3, -0.25) is 4.79 Å². The molecule has 1 aliphatic heterocycles. The Morgan fingerprint density at radius 3 is 2.53 bits per heavy atom. The Kier molecular flexibility index (Phi) is 7.26. The van der Waals surface area contributed by atoms with Crippen LogP contribution in [0.5, 0.6) is 0 Å². The third-order valence-corrected chi connectivity index (χ3v) is 6.20. The second-order valence-electron chi connectivity index (χ2n) is 8.48. The maximum Gasteiger partial charge on any atom is 0.436 e. The van der Waals surface area contributed by atoms with Crippen molar-refractivity contribution in [1.29, 1.82) is 0 Å². The second kappa shape index (κ2) is 10.2. The largest absolute Gasteiger partial charge is 0.465 e. The van der Waals surface area contributed by atoms with E-state index in [1.54, 1.807) is 42.2 Å². The van der Waals surface area contributed by atoms with Gasteiger partial charge < -0.3 is 15.0 Å². The summed E-state index contributed by atoms with van der Waals surface area (Å²) in [5.41, 5.74) is 0.00231. The number of nitrogens with zero attached hydrogens (tertiary/aromatic N) is 3. The van der Waals surface area contributed by atoms with E-state index in [0.717, 1.165) is 5.56 Å². The maximum atomic E-state index is 14.0. The summed E-state index contributed by atoms with van der Waals surface area (Å²) in [6.07, 6.45) is -4.24. The van der Waals surface area contributed by atoms with E-state index in [4.69, 9.17) is 11.6 Å². The van der Waals surface area contributed by atoms with Crippen molar-refractivity contribution >= 4 is 29.3 Å². The highest BCUT2D eigenvalue weighted by Gasteiger charge is 2.43. The van der Waals surface area contributed by atoms with Crippen molar-refractivity contribution < 1.29 is 27.5 Å². The van der Waals surface area contributed by atoms with Crippen molar-refractivity contribution in [1.82, 2.24) is 15.1 Å². The van der Waals surface area contributed by atoms with E-state index in [0.29, 0.717) is 29.1 Å². The van der Waals surface area contributed by atoms with Crippen LogP contribution in [0.25, 0.3) is 0 Å². The first-order chi connectivity index (χ1) is 17.1. The van der Waals surface area contributed by atoms with Gasteiger partial charge in [-0.05, 0) is 48.7 Å². The number of aryl methyl sites for hydroxylation is 1. The van der Waals surface area contributed by atoms with Crippen molar-refractivity contribution in [2.75, 3.05) is 18.6 Å². The van der Waals surface area contributed by atoms with Crippen LogP contribution in [0, 0.1) is 0 Å². The summed E-state index contributed by atoms with van der Waals surface area (Å²) in [5.74, 6) is -1.27. The Hall–Kier alpha value is -3.53. The Labute approximate surface area is 210 Å². The number of nitrogens with one attached hydrogen (secondary N) is 1. The molecule has 7 nitrogen and oxygen atoms in total. The summed E-state index contributed by atoms with van der Waals surface area (Å²) in [7, 11) is 1.26. The second-order valence-corrected chi connectivity index (χ2v) is 8.92. The van der Waals surface area contributed by atoms with Crippen LogP contribution in [0.3, 0.4) is 0 Å². The van der Waals surface area contributed by atoms with E-state index in [1.807, 2.05) is 6.07 Å². The lowest BCUT2D eigenvalue weighted by molar-refractivity contribution is -0.141. The zero-order valence-electron chi connectivity index (χ0n) is 19.6. The number of alkyl halides is 3. The van der Waals surface area contributed by atoms with Gasteiger partial charge in [0.15, 0.2) is 5.69 Å². The van der Waals surface area contributed by atoms with E-state index in [1.165, 1.54) is 23.9 Å². The summed E-state index contributed by atoms with van der Waals surface area (Å²) in [4.78, 5) is 26.7. The predicted octanol–water partition coefficient (Wildman–Crippen LogP) is 5.24. The number of anilines is 1. The maximum absolute atomic E-state index is 14.0. The number of amides is 1. The number of methoxy groups -OCH3 is 1.